The molecular formula is C22H15F6N3O3. The van der Waals surface area contributed by atoms with Crippen molar-refractivity contribution >= 4 is 17.6 Å². The van der Waals surface area contributed by atoms with E-state index in [0.29, 0.717) is 17.0 Å². The fourth-order valence-electron chi connectivity index (χ4n) is 3.45. The summed E-state index contributed by atoms with van der Waals surface area (Å²) in [4.78, 5) is 26.5. The maximum atomic E-state index is 13.4. The number of rotatable bonds is 6. The fraction of sp³-hybridized carbons (Fsp3) is 0.227. The number of nitriles is 1. The molecule has 3 rings (SSSR count). The van der Waals surface area contributed by atoms with E-state index in [1.54, 1.807) is 0 Å². The summed E-state index contributed by atoms with van der Waals surface area (Å²) in [5.41, 5.74) is -6.18. The number of carbonyl (C=O) groups is 2. The van der Waals surface area contributed by atoms with Crippen LogP contribution < -0.4 is 10.2 Å². The third-order valence-electron chi connectivity index (χ3n) is 5.02. The minimum absolute atomic E-state index is 0.126. The molecular weight excluding hydrogens is 468 g/mol. The van der Waals surface area contributed by atoms with Crippen molar-refractivity contribution < 1.29 is 40.7 Å². The van der Waals surface area contributed by atoms with E-state index in [-0.39, 0.29) is 12.2 Å². The minimum Gasteiger partial charge on any atom is -0.374 e. The largest absolute Gasteiger partial charge is 0.417 e. The number of nitrogens with zero attached hydrogens (tertiary/aromatic N) is 2. The molecule has 1 aliphatic rings. The zero-order chi connectivity index (χ0) is 25.3. The van der Waals surface area contributed by atoms with Gasteiger partial charge >= 0.3 is 18.4 Å². The van der Waals surface area contributed by atoms with E-state index in [2.05, 4.69) is 11.9 Å². The number of hydrogen-bond donors (Lipinski definition) is 1. The first kappa shape index (κ1) is 24.8. The van der Waals surface area contributed by atoms with Crippen molar-refractivity contribution in [3.63, 3.8) is 0 Å². The number of nitrogens with one attached hydrogen (secondary N) is 1. The van der Waals surface area contributed by atoms with Crippen LogP contribution in [0.3, 0.4) is 0 Å². The van der Waals surface area contributed by atoms with Crippen LogP contribution in [0.2, 0.25) is 0 Å². The number of imide groups is 1. The predicted octanol–water partition coefficient (Wildman–Crippen LogP) is 4.75. The van der Waals surface area contributed by atoms with Crippen LogP contribution in [0.5, 0.6) is 0 Å². The van der Waals surface area contributed by atoms with Gasteiger partial charge in [-0.25, -0.2) is 9.69 Å². The van der Waals surface area contributed by atoms with Gasteiger partial charge in [-0.05, 0) is 35.9 Å². The van der Waals surface area contributed by atoms with Crippen LogP contribution in [-0.2, 0) is 27.4 Å². The summed E-state index contributed by atoms with van der Waals surface area (Å²) in [6.07, 6.45) is -8.43. The molecule has 0 aliphatic carbocycles. The molecule has 12 heteroatoms. The van der Waals surface area contributed by atoms with Crippen LogP contribution in [0.4, 0.5) is 36.8 Å². The highest BCUT2D eigenvalue weighted by molar-refractivity contribution is 6.23. The Morgan fingerprint density at radius 2 is 1.79 bits per heavy atom. The van der Waals surface area contributed by atoms with Crippen molar-refractivity contribution in [3.8, 4) is 6.07 Å². The quantitative estimate of drug-likeness (QED) is 0.278. The Morgan fingerprint density at radius 1 is 1.09 bits per heavy atom. The van der Waals surface area contributed by atoms with Gasteiger partial charge < -0.3 is 10.1 Å². The van der Waals surface area contributed by atoms with Gasteiger partial charge in [0.05, 0.1) is 41.7 Å². The average Bonchev–Trinajstić information content (AvgIpc) is 3.03. The Hall–Kier alpha value is -3.85. The van der Waals surface area contributed by atoms with Gasteiger partial charge in [0.1, 0.15) is 0 Å². The molecule has 3 amide bonds. The molecule has 0 saturated carbocycles. The number of urea groups is 1. The number of anilines is 1. The monoisotopic (exact) mass is 483 g/mol. The highest BCUT2D eigenvalue weighted by Gasteiger charge is 2.54. The fourth-order valence-corrected chi connectivity index (χ4v) is 3.45. The molecule has 2 aromatic rings. The molecule has 34 heavy (non-hydrogen) atoms. The van der Waals surface area contributed by atoms with Crippen molar-refractivity contribution in [3.05, 3.63) is 77.4 Å². The Morgan fingerprint density at radius 3 is 2.38 bits per heavy atom. The minimum atomic E-state index is -4.97. The summed E-state index contributed by atoms with van der Waals surface area (Å²) >= 11 is 0. The Bertz CT molecular complexity index is 1190. The van der Waals surface area contributed by atoms with Crippen LogP contribution in [-0.4, -0.2) is 25.2 Å². The lowest BCUT2D eigenvalue weighted by atomic mass is 9.89. The normalized spacial score (nSPS) is 18.6. The molecule has 1 unspecified atom stereocenters. The van der Waals surface area contributed by atoms with E-state index in [9.17, 15) is 35.9 Å². The van der Waals surface area contributed by atoms with Crippen molar-refractivity contribution in [2.24, 2.45) is 0 Å². The van der Waals surface area contributed by atoms with Crippen molar-refractivity contribution in [2.45, 2.75) is 17.9 Å². The second-order valence-corrected chi connectivity index (χ2v) is 7.20. The molecule has 0 aromatic heterocycles. The molecule has 0 bridgehead atoms. The SMILES string of the molecule is C=CCOCC1(c2cccc(C(F)(F)F)c2)NC(=O)N(c2ccc(C#N)c(C(F)(F)F)c2)C1=O. The number of hydrogen-bond acceptors (Lipinski definition) is 4. The summed E-state index contributed by atoms with van der Waals surface area (Å²) < 4.78 is 85.2. The van der Waals surface area contributed by atoms with Gasteiger partial charge in [0.25, 0.3) is 5.91 Å². The smallest absolute Gasteiger partial charge is 0.374 e. The van der Waals surface area contributed by atoms with Crippen LogP contribution >= 0.6 is 0 Å². The number of benzene rings is 2. The van der Waals surface area contributed by atoms with E-state index in [4.69, 9.17) is 10.00 Å². The average molecular weight is 483 g/mol. The number of amides is 3. The van der Waals surface area contributed by atoms with Crippen LogP contribution in [0.25, 0.3) is 0 Å². The van der Waals surface area contributed by atoms with Gasteiger partial charge in [-0.1, -0.05) is 18.2 Å². The third kappa shape index (κ3) is 4.47. The molecule has 178 valence electrons. The first-order valence-corrected chi connectivity index (χ1v) is 9.49. The van der Waals surface area contributed by atoms with E-state index in [1.165, 1.54) is 12.1 Å². The molecule has 0 spiro atoms. The maximum Gasteiger partial charge on any atom is 0.417 e. The van der Waals surface area contributed by atoms with Crippen LogP contribution in [0.15, 0.2) is 55.1 Å². The van der Waals surface area contributed by atoms with E-state index < -0.39 is 58.8 Å². The molecule has 0 radical (unpaired) electrons. The molecule has 1 N–H and O–H groups in total. The predicted molar refractivity (Wildman–Crippen MR) is 106 cm³/mol. The molecule has 1 aliphatic heterocycles. The molecule has 1 heterocycles. The molecule has 1 fully saturated rings. The van der Waals surface area contributed by atoms with Crippen LogP contribution in [0.1, 0.15) is 22.3 Å². The summed E-state index contributed by atoms with van der Waals surface area (Å²) in [7, 11) is 0. The lowest BCUT2D eigenvalue weighted by Gasteiger charge is -2.27. The number of alkyl halides is 6. The van der Waals surface area contributed by atoms with Gasteiger partial charge in [0.15, 0.2) is 5.54 Å². The number of halogens is 6. The summed E-state index contributed by atoms with van der Waals surface area (Å²) in [5.74, 6) is -1.15. The van der Waals surface area contributed by atoms with E-state index >= 15 is 0 Å². The highest BCUT2D eigenvalue weighted by Crippen LogP contribution is 2.39. The Kier molecular flexibility index (Phi) is 6.44. The topological polar surface area (TPSA) is 82.4 Å². The van der Waals surface area contributed by atoms with Crippen molar-refractivity contribution in [1.82, 2.24) is 5.32 Å². The Labute approximate surface area is 189 Å². The van der Waals surface area contributed by atoms with Gasteiger partial charge in [-0.3, -0.25) is 4.79 Å². The molecule has 6 nitrogen and oxygen atoms in total. The van der Waals surface area contributed by atoms with Crippen molar-refractivity contribution in [1.29, 1.82) is 5.26 Å². The third-order valence-corrected chi connectivity index (χ3v) is 5.02. The lowest BCUT2D eigenvalue weighted by Crippen LogP contribution is -2.48. The summed E-state index contributed by atoms with van der Waals surface area (Å²) in [6, 6.07) is 5.99. The van der Waals surface area contributed by atoms with Crippen LogP contribution in [0, 0.1) is 11.3 Å². The van der Waals surface area contributed by atoms with Gasteiger partial charge in [0.2, 0.25) is 0 Å². The first-order chi connectivity index (χ1) is 15.8. The van der Waals surface area contributed by atoms with Gasteiger partial charge in [-0.2, -0.15) is 31.6 Å². The van der Waals surface area contributed by atoms with Gasteiger partial charge in [0, 0.05) is 0 Å². The van der Waals surface area contributed by atoms with Gasteiger partial charge in [-0.15, -0.1) is 6.58 Å². The standard InChI is InChI=1S/C22H15F6N3O3/c1-2-8-34-12-20(14-4-3-5-15(9-14)21(23,24)25)18(32)31(19(33)30-20)16-7-6-13(11-29)17(10-16)22(26,27)28/h2-7,9-10H,1,8,12H2,(H,30,33). The summed E-state index contributed by atoms with van der Waals surface area (Å²) in [6.45, 7) is 2.68. The second kappa shape index (κ2) is 8.83. The molecule has 1 saturated heterocycles. The number of ether oxygens (including phenoxy) is 1. The highest BCUT2D eigenvalue weighted by atomic mass is 19.4. The molecule has 1 atom stereocenters. The summed E-state index contributed by atoms with van der Waals surface area (Å²) in [5, 5.41) is 11.2. The first-order valence-electron chi connectivity index (χ1n) is 9.49. The maximum absolute atomic E-state index is 13.4. The molecule has 2 aromatic carbocycles. The second-order valence-electron chi connectivity index (χ2n) is 7.20. The Balaban J connectivity index is 2.14. The zero-order valence-electron chi connectivity index (χ0n) is 17.1. The van der Waals surface area contributed by atoms with Crippen molar-refractivity contribution in [2.75, 3.05) is 18.1 Å². The van der Waals surface area contributed by atoms with E-state index in [1.807, 2.05) is 0 Å². The lowest BCUT2D eigenvalue weighted by molar-refractivity contribution is -0.138. The number of carbonyl (C=O) groups excluding carboxylic acids is 2. The van der Waals surface area contributed by atoms with E-state index in [0.717, 1.165) is 30.3 Å². The zero-order valence-corrected chi connectivity index (χ0v) is 17.1.